The topological polar surface area (TPSA) is 3.24 Å². The van der Waals surface area contributed by atoms with Gasteiger partial charge in [0.2, 0.25) is 0 Å². The van der Waals surface area contributed by atoms with Crippen LogP contribution in [0.2, 0.25) is 0 Å². The standard InChI is InChI=1S/C11H25N.ClH/c1-4-6-7-8-9-10-11-12(3)5-2;/h4-11H2,1-3H3;1H. The maximum atomic E-state index is 2.39. The van der Waals surface area contributed by atoms with Crippen LogP contribution in [0, 0.1) is 0 Å². The van der Waals surface area contributed by atoms with Gasteiger partial charge in [-0.25, -0.2) is 0 Å². The molecule has 0 aliphatic carbocycles. The van der Waals surface area contributed by atoms with Crippen molar-refractivity contribution in [2.75, 3.05) is 20.1 Å². The molecule has 0 aliphatic rings. The van der Waals surface area contributed by atoms with Crippen molar-refractivity contribution in [3.8, 4) is 0 Å². The molecule has 0 aromatic rings. The molecular formula is C11H26ClN. The summed E-state index contributed by atoms with van der Waals surface area (Å²) in [5, 5.41) is 0. The summed E-state index contributed by atoms with van der Waals surface area (Å²) < 4.78 is 0. The van der Waals surface area contributed by atoms with Crippen molar-refractivity contribution in [1.82, 2.24) is 4.90 Å². The Morgan fingerprint density at radius 1 is 0.846 bits per heavy atom. The van der Waals surface area contributed by atoms with Gasteiger partial charge in [-0.2, -0.15) is 0 Å². The monoisotopic (exact) mass is 207 g/mol. The molecule has 0 fully saturated rings. The predicted octanol–water partition coefficient (Wildman–Crippen LogP) is 3.72. The van der Waals surface area contributed by atoms with Crippen LogP contribution < -0.4 is 0 Å². The smallest absolute Gasteiger partial charge is 0.00219 e. The van der Waals surface area contributed by atoms with Crippen molar-refractivity contribution >= 4 is 12.4 Å². The van der Waals surface area contributed by atoms with E-state index < -0.39 is 0 Å². The Kier molecular flexibility index (Phi) is 14.8. The number of rotatable bonds is 8. The second-order valence-corrected chi connectivity index (χ2v) is 3.66. The average molecular weight is 208 g/mol. The second kappa shape index (κ2) is 12.2. The van der Waals surface area contributed by atoms with E-state index in [1.165, 1.54) is 51.6 Å². The fraction of sp³-hybridized carbons (Fsp3) is 1.00. The van der Waals surface area contributed by atoms with Gasteiger partial charge in [0.1, 0.15) is 0 Å². The minimum absolute atomic E-state index is 0. The van der Waals surface area contributed by atoms with E-state index in [0.717, 1.165) is 0 Å². The van der Waals surface area contributed by atoms with Gasteiger partial charge in [0.05, 0.1) is 0 Å². The molecule has 0 bridgehead atoms. The summed E-state index contributed by atoms with van der Waals surface area (Å²) in [4.78, 5) is 2.39. The highest BCUT2D eigenvalue weighted by atomic mass is 35.5. The van der Waals surface area contributed by atoms with Crippen molar-refractivity contribution in [1.29, 1.82) is 0 Å². The molecule has 0 saturated heterocycles. The number of hydrogen-bond donors (Lipinski definition) is 0. The molecule has 0 N–H and O–H groups in total. The summed E-state index contributed by atoms with van der Waals surface area (Å²) in [6.45, 7) is 6.96. The van der Waals surface area contributed by atoms with Gasteiger partial charge in [-0.05, 0) is 26.6 Å². The van der Waals surface area contributed by atoms with E-state index in [9.17, 15) is 0 Å². The number of halogens is 1. The van der Waals surface area contributed by atoms with Gasteiger partial charge in [0, 0.05) is 0 Å². The van der Waals surface area contributed by atoms with Crippen molar-refractivity contribution in [2.24, 2.45) is 0 Å². The molecular weight excluding hydrogens is 182 g/mol. The normalized spacial score (nSPS) is 10.2. The lowest BCUT2D eigenvalue weighted by Gasteiger charge is -2.12. The zero-order valence-electron chi connectivity index (χ0n) is 9.51. The summed E-state index contributed by atoms with van der Waals surface area (Å²) in [6, 6.07) is 0. The van der Waals surface area contributed by atoms with E-state index in [4.69, 9.17) is 0 Å². The Hall–Kier alpha value is 0.250. The van der Waals surface area contributed by atoms with E-state index in [1.54, 1.807) is 0 Å². The Morgan fingerprint density at radius 2 is 1.38 bits per heavy atom. The first-order valence-electron chi connectivity index (χ1n) is 5.49. The third-order valence-electron chi connectivity index (χ3n) is 2.43. The van der Waals surface area contributed by atoms with E-state index >= 15 is 0 Å². The predicted molar refractivity (Wildman–Crippen MR) is 63.8 cm³/mol. The molecule has 0 amide bonds. The molecule has 0 aliphatic heterocycles. The Bertz CT molecular complexity index is 86.2. The van der Waals surface area contributed by atoms with Crippen LogP contribution in [0.25, 0.3) is 0 Å². The minimum Gasteiger partial charge on any atom is -0.307 e. The van der Waals surface area contributed by atoms with Gasteiger partial charge in [-0.15, -0.1) is 12.4 Å². The molecule has 0 heterocycles. The van der Waals surface area contributed by atoms with Gasteiger partial charge in [0.15, 0.2) is 0 Å². The minimum atomic E-state index is 0. The van der Waals surface area contributed by atoms with E-state index in [2.05, 4.69) is 25.8 Å². The van der Waals surface area contributed by atoms with E-state index in [-0.39, 0.29) is 12.4 Å². The lowest BCUT2D eigenvalue weighted by atomic mass is 10.1. The fourth-order valence-corrected chi connectivity index (χ4v) is 1.32. The Balaban J connectivity index is 0. The molecule has 0 aromatic carbocycles. The van der Waals surface area contributed by atoms with Gasteiger partial charge in [-0.3, -0.25) is 0 Å². The Morgan fingerprint density at radius 3 is 1.92 bits per heavy atom. The molecule has 2 heteroatoms. The summed E-state index contributed by atoms with van der Waals surface area (Å²) in [7, 11) is 2.20. The largest absolute Gasteiger partial charge is 0.307 e. The van der Waals surface area contributed by atoms with Crippen molar-refractivity contribution in [3.63, 3.8) is 0 Å². The first kappa shape index (κ1) is 15.7. The summed E-state index contributed by atoms with van der Waals surface area (Å²) in [5.41, 5.74) is 0. The maximum absolute atomic E-state index is 2.39. The first-order chi connectivity index (χ1) is 5.81. The van der Waals surface area contributed by atoms with Crippen molar-refractivity contribution in [3.05, 3.63) is 0 Å². The summed E-state index contributed by atoms with van der Waals surface area (Å²) in [5.74, 6) is 0. The highest BCUT2D eigenvalue weighted by Crippen LogP contribution is 2.05. The Labute approximate surface area is 90.3 Å². The van der Waals surface area contributed by atoms with Crippen molar-refractivity contribution < 1.29 is 0 Å². The third kappa shape index (κ3) is 12.2. The van der Waals surface area contributed by atoms with E-state index in [0.29, 0.717) is 0 Å². The zero-order chi connectivity index (χ0) is 9.23. The second-order valence-electron chi connectivity index (χ2n) is 3.66. The first-order valence-corrected chi connectivity index (χ1v) is 5.49. The van der Waals surface area contributed by atoms with Gasteiger partial charge in [-0.1, -0.05) is 46.0 Å². The van der Waals surface area contributed by atoms with Crippen LogP contribution in [0.4, 0.5) is 0 Å². The highest BCUT2D eigenvalue weighted by Gasteiger charge is 1.93. The van der Waals surface area contributed by atoms with Crippen LogP contribution in [-0.4, -0.2) is 25.0 Å². The zero-order valence-corrected chi connectivity index (χ0v) is 10.3. The highest BCUT2D eigenvalue weighted by molar-refractivity contribution is 5.85. The van der Waals surface area contributed by atoms with Gasteiger partial charge in [0.25, 0.3) is 0 Å². The van der Waals surface area contributed by atoms with Crippen LogP contribution in [0.3, 0.4) is 0 Å². The molecule has 0 unspecified atom stereocenters. The SMILES string of the molecule is CCCCCCCCN(C)CC.Cl. The number of nitrogens with zero attached hydrogens (tertiary/aromatic N) is 1. The van der Waals surface area contributed by atoms with Gasteiger partial charge >= 0.3 is 0 Å². The third-order valence-corrected chi connectivity index (χ3v) is 2.43. The number of unbranched alkanes of at least 4 members (excludes halogenated alkanes) is 5. The maximum Gasteiger partial charge on any atom is -0.00219 e. The summed E-state index contributed by atoms with van der Waals surface area (Å²) in [6.07, 6.45) is 8.45. The molecule has 0 aromatic heterocycles. The van der Waals surface area contributed by atoms with Crippen LogP contribution in [-0.2, 0) is 0 Å². The van der Waals surface area contributed by atoms with Crippen LogP contribution >= 0.6 is 12.4 Å². The molecule has 13 heavy (non-hydrogen) atoms. The quantitative estimate of drug-likeness (QED) is 0.549. The lowest BCUT2D eigenvalue weighted by Crippen LogP contribution is -2.18. The molecule has 0 spiro atoms. The molecule has 0 radical (unpaired) electrons. The van der Waals surface area contributed by atoms with Crippen LogP contribution in [0.5, 0.6) is 0 Å². The fourth-order valence-electron chi connectivity index (χ4n) is 1.32. The average Bonchev–Trinajstić information content (AvgIpc) is 2.10. The van der Waals surface area contributed by atoms with Crippen molar-refractivity contribution in [2.45, 2.75) is 52.4 Å². The molecule has 82 valence electrons. The van der Waals surface area contributed by atoms with Crippen LogP contribution in [0.15, 0.2) is 0 Å². The molecule has 1 nitrogen and oxygen atoms in total. The lowest BCUT2D eigenvalue weighted by molar-refractivity contribution is 0.340. The molecule has 0 saturated carbocycles. The van der Waals surface area contributed by atoms with Crippen LogP contribution in [0.1, 0.15) is 52.4 Å². The molecule has 0 atom stereocenters. The van der Waals surface area contributed by atoms with E-state index in [1.807, 2.05) is 0 Å². The number of hydrogen-bond acceptors (Lipinski definition) is 1. The van der Waals surface area contributed by atoms with Gasteiger partial charge < -0.3 is 4.90 Å². The molecule has 0 rings (SSSR count). The summed E-state index contributed by atoms with van der Waals surface area (Å²) >= 11 is 0.